The minimum atomic E-state index is -0.891. The van der Waals surface area contributed by atoms with Crippen LogP contribution in [0.1, 0.15) is 162 Å². The fourth-order valence-corrected chi connectivity index (χ4v) is 6.39. The quantitative estimate of drug-likeness (QED) is 0.0282. The summed E-state index contributed by atoms with van der Waals surface area (Å²) in [6.45, 7) is 4.42. The van der Waals surface area contributed by atoms with E-state index in [2.05, 4.69) is 135 Å². The molecule has 0 radical (unpaired) electrons. The van der Waals surface area contributed by atoms with Gasteiger partial charge in [-0.3, -0.25) is 9.59 Å². The third-order valence-electron chi connectivity index (χ3n) is 10.1. The van der Waals surface area contributed by atoms with E-state index in [0.29, 0.717) is 19.3 Å². The van der Waals surface area contributed by atoms with Crippen molar-refractivity contribution in [2.75, 3.05) is 41.0 Å². The molecule has 0 aromatic heterocycles. The maximum Gasteiger partial charge on any atom is 0.362 e. The van der Waals surface area contributed by atoms with Crippen molar-refractivity contribution in [3.63, 3.8) is 0 Å². The van der Waals surface area contributed by atoms with Gasteiger partial charge in [0.2, 0.25) is 0 Å². The molecule has 0 aliphatic heterocycles. The van der Waals surface area contributed by atoms with Crippen molar-refractivity contribution >= 4 is 17.9 Å². The summed E-state index contributed by atoms with van der Waals surface area (Å²) in [6.07, 6.45) is 63.9. The molecule has 0 rings (SSSR count). The van der Waals surface area contributed by atoms with Crippen molar-refractivity contribution < 1.29 is 38.2 Å². The highest BCUT2D eigenvalue weighted by atomic mass is 16.6. The molecule has 0 fully saturated rings. The van der Waals surface area contributed by atoms with Crippen molar-refractivity contribution in [2.45, 2.75) is 174 Å². The first-order valence-electron chi connectivity index (χ1n) is 24.6. The minimum Gasteiger partial charge on any atom is -0.477 e. The molecular weight excluding hydrogens is 799 g/mol. The summed E-state index contributed by atoms with van der Waals surface area (Å²) in [5.41, 5.74) is 0. The number of esters is 2. The first kappa shape index (κ1) is 59.7. The number of nitrogens with zero attached hydrogens (tertiary/aromatic N) is 1. The number of ether oxygens (including phenoxy) is 3. The molecule has 8 nitrogen and oxygen atoms in total. The van der Waals surface area contributed by atoms with E-state index >= 15 is 0 Å². The average Bonchev–Trinajstić information content (AvgIpc) is 3.26. The van der Waals surface area contributed by atoms with Gasteiger partial charge in [0.15, 0.2) is 12.1 Å². The Morgan fingerprint density at radius 2 is 0.844 bits per heavy atom. The molecule has 0 bridgehead atoms. The Morgan fingerprint density at radius 1 is 0.469 bits per heavy atom. The molecule has 0 aliphatic carbocycles. The number of allylic oxidation sites excluding steroid dienone is 20. The SMILES string of the molecule is CC/C=C/C/C=C/C/C=C/C/C=C/C/C=C/C/C=C/CCCC(=O)OC(COCCC(C(=O)O)[N+](C)(C)C)COC(=O)CCCCCCCCC/C=C/C/C=C/C/C=C/C/C=C/CC. The van der Waals surface area contributed by atoms with E-state index in [-0.39, 0.29) is 42.7 Å². The van der Waals surface area contributed by atoms with E-state index in [4.69, 9.17) is 14.2 Å². The maximum absolute atomic E-state index is 12.8. The number of rotatable bonds is 42. The number of hydrogen-bond acceptors (Lipinski definition) is 6. The highest BCUT2D eigenvalue weighted by Crippen LogP contribution is 2.13. The Kier molecular flexibility index (Phi) is 42.3. The Balaban J connectivity index is 4.43. The summed E-state index contributed by atoms with van der Waals surface area (Å²) in [5, 5.41) is 9.65. The number of carboxylic acid groups (broad SMARTS) is 1. The zero-order valence-electron chi connectivity index (χ0n) is 40.9. The van der Waals surface area contributed by atoms with Gasteiger partial charge in [0, 0.05) is 19.3 Å². The number of unbranched alkanes of at least 4 members (excludes halogenated alkanes) is 8. The van der Waals surface area contributed by atoms with Crippen molar-refractivity contribution in [1.29, 1.82) is 0 Å². The molecule has 2 unspecified atom stereocenters. The third kappa shape index (κ3) is 43.0. The van der Waals surface area contributed by atoms with Crippen LogP contribution in [-0.2, 0) is 28.6 Å². The minimum absolute atomic E-state index is 0.0257. The van der Waals surface area contributed by atoms with Gasteiger partial charge in [-0.25, -0.2) is 4.79 Å². The molecule has 360 valence electrons. The standard InChI is InChI=1S/C56H89NO7/c1-6-8-10-12-14-16-18-20-22-24-26-28-30-32-34-36-38-40-42-44-46-54(58)63-51-52(50-62-49-48-53(56(60)61)57(3,4)5)64-55(59)47-45-43-41-39-37-35-33-31-29-27-25-23-21-19-17-15-13-11-9-7-2/h8-11,14-17,20-23,26-29,33,35,39,41,52-53H,6-7,12-13,18-19,24-25,30-32,34,36-38,40,42-51H2,1-5H3/p+1/b10-8+,11-9+,16-14+,17-15+,22-20+,23-21+,28-26+,29-27+,35-33+,41-39+. The molecule has 0 saturated heterocycles. The van der Waals surface area contributed by atoms with Crippen LogP contribution >= 0.6 is 0 Å². The van der Waals surface area contributed by atoms with Gasteiger partial charge in [0.25, 0.3) is 0 Å². The first-order valence-corrected chi connectivity index (χ1v) is 24.6. The van der Waals surface area contributed by atoms with Gasteiger partial charge >= 0.3 is 17.9 Å². The molecule has 0 saturated carbocycles. The second-order valence-electron chi connectivity index (χ2n) is 17.0. The van der Waals surface area contributed by atoms with E-state index in [1.54, 1.807) is 0 Å². The molecule has 0 aromatic rings. The van der Waals surface area contributed by atoms with Crippen LogP contribution in [-0.4, -0.2) is 80.6 Å². The summed E-state index contributed by atoms with van der Waals surface area (Å²) in [4.78, 5) is 37.1. The average molecular weight is 889 g/mol. The summed E-state index contributed by atoms with van der Waals surface area (Å²) in [6, 6.07) is -0.635. The molecule has 0 heterocycles. The Bertz CT molecular complexity index is 1450. The van der Waals surface area contributed by atoms with Crippen LogP contribution in [0.2, 0.25) is 0 Å². The maximum atomic E-state index is 12.8. The van der Waals surface area contributed by atoms with Crippen molar-refractivity contribution in [1.82, 2.24) is 0 Å². The second kappa shape index (κ2) is 45.3. The van der Waals surface area contributed by atoms with Crippen LogP contribution in [0.25, 0.3) is 0 Å². The largest absolute Gasteiger partial charge is 0.477 e. The highest BCUT2D eigenvalue weighted by Gasteiger charge is 2.31. The predicted molar refractivity (Wildman–Crippen MR) is 270 cm³/mol. The summed E-state index contributed by atoms with van der Waals surface area (Å²) in [5.74, 6) is -1.57. The van der Waals surface area contributed by atoms with Crippen molar-refractivity contribution in [3.8, 4) is 0 Å². The summed E-state index contributed by atoms with van der Waals surface area (Å²) in [7, 11) is 5.49. The van der Waals surface area contributed by atoms with Gasteiger partial charge in [0.05, 0.1) is 34.4 Å². The molecule has 0 amide bonds. The van der Waals surface area contributed by atoms with E-state index in [9.17, 15) is 19.5 Å². The number of aliphatic carboxylic acids is 1. The van der Waals surface area contributed by atoms with Crippen LogP contribution in [0.3, 0.4) is 0 Å². The number of carbonyl (C=O) groups is 3. The van der Waals surface area contributed by atoms with E-state index < -0.39 is 18.1 Å². The molecular formula is C56H90NO7+. The molecule has 64 heavy (non-hydrogen) atoms. The monoisotopic (exact) mass is 889 g/mol. The smallest absolute Gasteiger partial charge is 0.362 e. The van der Waals surface area contributed by atoms with Crippen molar-refractivity contribution in [3.05, 3.63) is 122 Å². The number of hydrogen-bond donors (Lipinski definition) is 1. The fraction of sp³-hybridized carbons (Fsp3) is 0.589. The number of carbonyl (C=O) groups excluding carboxylic acids is 2. The lowest BCUT2D eigenvalue weighted by Crippen LogP contribution is -2.50. The zero-order chi connectivity index (χ0) is 47.0. The predicted octanol–water partition coefficient (Wildman–Crippen LogP) is 14.2. The number of quaternary nitrogens is 1. The van der Waals surface area contributed by atoms with Gasteiger partial charge in [0.1, 0.15) is 6.61 Å². The fourth-order valence-electron chi connectivity index (χ4n) is 6.39. The van der Waals surface area contributed by atoms with Crippen LogP contribution in [0.5, 0.6) is 0 Å². The molecule has 2 atom stereocenters. The topological polar surface area (TPSA) is 99.1 Å². The molecule has 1 N–H and O–H groups in total. The first-order chi connectivity index (χ1) is 31.1. The summed E-state index contributed by atoms with van der Waals surface area (Å²) < 4.78 is 17.3. The van der Waals surface area contributed by atoms with Crippen LogP contribution < -0.4 is 0 Å². The van der Waals surface area contributed by atoms with Gasteiger partial charge < -0.3 is 23.8 Å². The van der Waals surface area contributed by atoms with Gasteiger partial charge in [-0.1, -0.05) is 167 Å². The normalized spacial score (nSPS) is 14.0. The van der Waals surface area contributed by atoms with E-state index in [1.165, 1.54) is 19.3 Å². The molecule has 0 aliphatic rings. The number of carboxylic acids is 1. The molecule has 8 heteroatoms. The third-order valence-corrected chi connectivity index (χ3v) is 10.1. The Labute approximate surface area is 391 Å². The highest BCUT2D eigenvalue weighted by molar-refractivity contribution is 5.72. The van der Waals surface area contributed by atoms with Crippen LogP contribution in [0, 0.1) is 0 Å². The Hall–Kier alpha value is -4.27. The molecule has 0 aromatic carbocycles. The van der Waals surface area contributed by atoms with Gasteiger partial charge in [-0.2, -0.15) is 0 Å². The lowest BCUT2D eigenvalue weighted by molar-refractivity contribution is -0.887. The second-order valence-corrected chi connectivity index (χ2v) is 17.0. The molecule has 0 spiro atoms. The van der Waals surface area contributed by atoms with Crippen LogP contribution in [0.4, 0.5) is 0 Å². The summed E-state index contributed by atoms with van der Waals surface area (Å²) >= 11 is 0. The number of likely N-dealkylation sites (N-methyl/N-ethyl adjacent to an activating group) is 1. The lowest BCUT2D eigenvalue weighted by atomic mass is 10.1. The lowest BCUT2D eigenvalue weighted by Gasteiger charge is -2.31. The van der Waals surface area contributed by atoms with E-state index in [0.717, 1.165) is 103 Å². The van der Waals surface area contributed by atoms with E-state index in [1.807, 2.05) is 21.1 Å². The zero-order valence-corrected chi connectivity index (χ0v) is 40.9. The van der Waals surface area contributed by atoms with Crippen molar-refractivity contribution in [2.24, 2.45) is 0 Å². The van der Waals surface area contributed by atoms with Gasteiger partial charge in [-0.15, -0.1) is 0 Å². The Morgan fingerprint density at radius 3 is 1.27 bits per heavy atom. The van der Waals surface area contributed by atoms with Crippen LogP contribution in [0.15, 0.2) is 122 Å². The van der Waals surface area contributed by atoms with Gasteiger partial charge in [-0.05, 0) is 96.3 Å².